The maximum Gasteiger partial charge on any atom is 0.422 e. The van der Waals surface area contributed by atoms with Gasteiger partial charge in [-0.15, -0.1) is 11.3 Å². The summed E-state index contributed by atoms with van der Waals surface area (Å²) in [5.74, 6) is 0. The zero-order valence-electron chi connectivity index (χ0n) is 18.5. The van der Waals surface area contributed by atoms with Crippen LogP contribution in [0.1, 0.15) is 37.1 Å². The van der Waals surface area contributed by atoms with Gasteiger partial charge in [-0.25, -0.2) is 9.78 Å². The molecule has 0 bridgehead atoms. The van der Waals surface area contributed by atoms with E-state index < -0.39 is 23.8 Å². The molecule has 34 heavy (non-hydrogen) atoms. The minimum atomic E-state index is -4.80. The lowest BCUT2D eigenvalue weighted by molar-refractivity contribution is -0.266. The first kappa shape index (κ1) is 24.5. The van der Waals surface area contributed by atoms with Crippen molar-refractivity contribution >= 4 is 34.1 Å². The highest BCUT2D eigenvalue weighted by atomic mass is 32.2. The molecule has 0 saturated carbocycles. The highest BCUT2D eigenvalue weighted by molar-refractivity contribution is 8.01. The van der Waals surface area contributed by atoms with Crippen LogP contribution in [0, 0.1) is 0 Å². The van der Waals surface area contributed by atoms with Crippen LogP contribution in [0.25, 0.3) is 22.1 Å². The minimum Gasteiger partial charge on any atom is -0.423 e. The molecule has 0 aliphatic rings. The standard InChI is InChI=1S/C25H22F3NO3S2/c1-3-5-15-6-8-16(9-7-15)19-13-22(30)32-20-12-17(10-11-18(19)20)33-23-29-14-21(34-23)24(31,4-2)25(26,27)28/h6-14,31H,3-5H2,1-2H3. The predicted molar refractivity (Wildman–Crippen MR) is 128 cm³/mol. The fourth-order valence-corrected chi connectivity index (χ4v) is 5.86. The zero-order valence-corrected chi connectivity index (χ0v) is 20.1. The van der Waals surface area contributed by atoms with E-state index in [0.29, 0.717) is 14.8 Å². The fourth-order valence-electron chi connectivity index (χ4n) is 3.70. The van der Waals surface area contributed by atoms with Crippen LogP contribution in [-0.4, -0.2) is 16.3 Å². The molecule has 0 saturated heterocycles. The molecule has 178 valence electrons. The van der Waals surface area contributed by atoms with Gasteiger partial charge in [0.1, 0.15) is 5.58 Å². The molecular formula is C25H22F3NO3S2. The quantitative estimate of drug-likeness (QED) is 0.270. The SMILES string of the molecule is CCCc1ccc(-c2cc(=O)oc3cc(Sc4ncc(C(O)(CC)C(F)(F)F)s4)ccc23)cc1. The number of alkyl halides is 3. The molecule has 9 heteroatoms. The van der Waals surface area contributed by atoms with E-state index in [1.165, 1.54) is 18.6 Å². The minimum absolute atomic E-state index is 0.258. The Hall–Kier alpha value is -2.62. The number of aryl methyl sites for hydroxylation is 1. The number of halogens is 3. The summed E-state index contributed by atoms with van der Waals surface area (Å²) in [5, 5.41) is 10.9. The van der Waals surface area contributed by atoms with Crippen LogP contribution in [0.4, 0.5) is 13.2 Å². The maximum atomic E-state index is 13.4. The van der Waals surface area contributed by atoms with Gasteiger partial charge in [0.2, 0.25) is 0 Å². The van der Waals surface area contributed by atoms with Crippen LogP contribution in [0.5, 0.6) is 0 Å². The number of hydrogen-bond acceptors (Lipinski definition) is 6. The third kappa shape index (κ3) is 4.78. The number of hydrogen-bond donors (Lipinski definition) is 1. The number of fused-ring (bicyclic) bond motifs is 1. The Kier molecular flexibility index (Phi) is 6.89. The second kappa shape index (κ2) is 9.56. The second-order valence-electron chi connectivity index (χ2n) is 7.89. The summed E-state index contributed by atoms with van der Waals surface area (Å²) in [7, 11) is 0. The van der Waals surface area contributed by atoms with Crippen LogP contribution in [0.2, 0.25) is 0 Å². The third-order valence-corrected chi connectivity index (χ3v) is 7.81. The van der Waals surface area contributed by atoms with E-state index >= 15 is 0 Å². The molecule has 1 unspecified atom stereocenters. The zero-order chi connectivity index (χ0) is 24.5. The second-order valence-corrected chi connectivity index (χ2v) is 10.2. The van der Waals surface area contributed by atoms with Gasteiger partial charge in [-0.1, -0.05) is 56.3 Å². The summed E-state index contributed by atoms with van der Waals surface area (Å²) < 4.78 is 45.8. The molecule has 0 aliphatic heterocycles. The van der Waals surface area contributed by atoms with E-state index in [-0.39, 0.29) is 4.88 Å². The smallest absolute Gasteiger partial charge is 0.422 e. The van der Waals surface area contributed by atoms with E-state index in [4.69, 9.17) is 4.42 Å². The molecule has 4 aromatic rings. The van der Waals surface area contributed by atoms with Gasteiger partial charge in [0, 0.05) is 22.5 Å². The molecular weight excluding hydrogens is 483 g/mol. The molecule has 0 radical (unpaired) electrons. The van der Waals surface area contributed by atoms with Crippen molar-refractivity contribution in [2.75, 3.05) is 0 Å². The van der Waals surface area contributed by atoms with Gasteiger partial charge < -0.3 is 9.52 Å². The van der Waals surface area contributed by atoms with Gasteiger partial charge in [0.25, 0.3) is 0 Å². The van der Waals surface area contributed by atoms with Gasteiger partial charge in [0.05, 0.1) is 4.88 Å². The lowest BCUT2D eigenvalue weighted by Gasteiger charge is -2.27. The number of thiazole rings is 1. The maximum absolute atomic E-state index is 13.4. The molecule has 4 nitrogen and oxygen atoms in total. The number of rotatable bonds is 7. The van der Waals surface area contributed by atoms with Crippen LogP contribution in [-0.2, 0) is 12.0 Å². The van der Waals surface area contributed by atoms with Gasteiger partial charge in [-0.3, -0.25) is 0 Å². The van der Waals surface area contributed by atoms with E-state index in [9.17, 15) is 23.1 Å². The van der Waals surface area contributed by atoms with Crippen molar-refractivity contribution in [3.8, 4) is 11.1 Å². The van der Waals surface area contributed by atoms with Crippen LogP contribution >= 0.6 is 23.1 Å². The largest absolute Gasteiger partial charge is 0.423 e. The lowest BCUT2D eigenvalue weighted by atomic mass is 9.99. The van der Waals surface area contributed by atoms with Crippen LogP contribution in [0.3, 0.4) is 0 Å². The lowest BCUT2D eigenvalue weighted by Crippen LogP contribution is -2.40. The normalized spacial score (nSPS) is 13.8. The fraction of sp³-hybridized carbons (Fsp3) is 0.280. The molecule has 2 heterocycles. The van der Waals surface area contributed by atoms with Crippen molar-refractivity contribution in [3.05, 3.63) is 75.6 Å². The summed E-state index contributed by atoms with van der Waals surface area (Å²) >= 11 is 1.93. The highest BCUT2D eigenvalue weighted by Gasteiger charge is 2.54. The van der Waals surface area contributed by atoms with Crippen molar-refractivity contribution in [1.29, 1.82) is 0 Å². The van der Waals surface area contributed by atoms with Crippen LogP contribution < -0.4 is 5.63 Å². The molecule has 0 fully saturated rings. The van der Waals surface area contributed by atoms with Crippen molar-refractivity contribution < 1.29 is 22.7 Å². The Bertz CT molecular complexity index is 1360. The summed E-state index contributed by atoms with van der Waals surface area (Å²) in [5.41, 5.74) is -0.171. The predicted octanol–water partition coefficient (Wildman–Crippen LogP) is 7.18. The van der Waals surface area contributed by atoms with Gasteiger partial charge in [0.15, 0.2) is 9.94 Å². The average molecular weight is 506 g/mol. The Balaban J connectivity index is 1.65. The van der Waals surface area contributed by atoms with Gasteiger partial charge >= 0.3 is 11.8 Å². The van der Waals surface area contributed by atoms with E-state index in [0.717, 1.165) is 58.7 Å². The summed E-state index contributed by atoms with van der Waals surface area (Å²) in [4.78, 5) is 16.7. The summed E-state index contributed by atoms with van der Waals surface area (Å²) in [6.45, 7) is 3.40. The van der Waals surface area contributed by atoms with E-state index in [1.54, 1.807) is 12.1 Å². The molecule has 0 aliphatic carbocycles. The Morgan fingerprint density at radius 1 is 1.09 bits per heavy atom. The summed E-state index contributed by atoms with van der Waals surface area (Å²) in [6, 6.07) is 14.8. The summed E-state index contributed by atoms with van der Waals surface area (Å²) in [6.07, 6.45) is -2.22. The van der Waals surface area contributed by atoms with E-state index in [2.05, 4.69) is 11.9 Å². The topological polar surface area (TPSA) is 63.3 Å². The number of benzene rings is 2. The first-order valence-corrected chi connectivity index (χ1v) is 12.4. The molecule has 2 aromatic heterocycles. The first-order valence-electron chi connectivity index (χ1n) is 10.7. The molecule has 0 spiro atoms. The molecule has 1 atom stereocenters. The van der Waals surface area contributed by atoms with Crippen molar-refractivity contribution in [1.82, 2.24) is 4.98 Å². The van der Waals surface area contributed by atoms with Crippen molar-refractivity contribution in [3.63, 3.8) is 0 Å². The Morgan fingerprint density at radius 3 is 2.47 bits per heavy atom. The molecule has 0 amide bonds. The van der Waals surface area contributed by atoms with Gasteiger partial charge in [-0.05, 0) is 47.7 Å². The molecule has 2 aromatic carbocycles. The Morgan fingerprint density at radius 2 is 1.82 bits per heavy atom. The van der Waals surface area contributed by atoms with Crippen molar-refractivity contribution in [2.45, 2.75) is 54.1 Å². The number of aromatic nitrogens is 1. The monoisotopic (exact) mass is 505 g/mol. The molecule has 1 N–H and O–H groups in total. The third-order valence-electron chi connectivity index (χ3n) is 5.60. The number of nitrogens with zero attached hydrogens (tertiary/aromatic N) is 1. The highest BCUT2D eigenvalue weighted by Crippen LogP contribution is 2.45. The van der Waals surface area contributed by atoms with Crippen LogP contribution in [0.15, 0.2) is 73.2 Å². The van der Waals surface area contributed by atoms with E-state index in [1.807, 2.05) is 30.3 Å². The van der Waals surface area contributed by atoms with Gasteiger partial charge in [-0.2, -0.15) is 13.2 Å². The number of aliphatic hydroxyl groups is 1. The Labute approximate surface area is 202 Å². The van der Waals surface area contributed by atoms with Crippen molar-refractivity contribution in [2.24, 2.45) is 0 Å². The molecule has 4 rings (SSSR count). The average Bonchev–Trinajstić information content (AvgIpc) is 3.26. The first-order chi connectivity index (χ1) is 16.1.